The minimum absolute atomic E-state index is 0.0681. The molecule has 0 aliphatic rings. The maximum Gasteiger partial charge on any atom is 0.433 e. The van der Waals surface area contributed by atoms with Crippen molar-refractivity contribution in [3.05, 3.63) is 82.3 Å². The van der Waals surface area contributed by atoms with Gasteiger partial charge in [-0.3, -0.25) is 9.48 Å². The Kier molecular flexibility index (Phi) is 5.59. The van der Waals surface area contributed by atoms with Crippen LogP contribution in [0.2, 0.25) is 0 Å². The van der Waals surface area contributed by atoms with Crippen LogP contribution < -0.4 is 0 Å². The van der Waals surface area contributed by atoms with Crippen LogP contribution in [-0.4, -0.2) is 42.2 Å². The van der Waals surface area contributed by atoms with Crippen molar-refractivity contribution in [3.63, 3.8) is 0 Å². The van der Waals surface area contributed by atoms with Crippen LogP contribution in [0.3, 0.4) is 0 Å². The quantitative estimate of drug-likeness (QED) is 0.307. The molecule has 0 bridgehead atoms. The van der Waals surface area contributed by atoms with E-state index in [0.717, 1.165) is 27.0 Å². The third-order valence-corrected chi connectivity index (χ3v) is 6.39. The SMILES string of the molecule is CN(Cc1c(Br)cnn1C)C(=O)c1cc2nc(-c3ccc4ccccc4c3)cc(C(F)(F)F)n2n1. The fraction of sp³-hybridized carbons (Fsp3) is 0.167. The molecule has 0 aliphatic heterocycles. The second-order valence-electron chi connectivity index (χ2n) is 8.11. The third-order valence-electron chi connectivity index (χ3n) is 5.73. The number of amides is 1. The van der Waals surface area contributed by atoms with Gasteiger partial charge in [-0.25, -0.2) is 9.50 Å². The lowest BCUT2D eigenvalue weighted by Crippen LogP contribution is -2.28. The fourth-order valence-electron chi connectivity index (χ4n) is 3.88. The van der Waals surface area contributed by atoms with Crippen molar-refractivity contribution in [2.24, 2.45) is 7.05 Å². The monoisotopic (exact) mass is 542 g/mol. The van der Waals surface area contributed by atoms with E-state index in [1.54, 1.807) is 37.1 Å². The Labute approximate surface area is 205 Å². The Morgan fingerprint density at radius 3 is 2.51 bits per heavy atom. The lowest BCUT2D eigenvalue weighted by molar-refractivity contribution is -0.142. The molecular weight excluding hydrogens is 525 g/mol. The summed E-state index contributed by atoms with van der Waals surface area (Å²) in [7, 11) is 3.28. The normalized spacial score (nSPS) is 11.9. The number of aryl methyl sites for hydroxylation is 1. The van der Waals surface area contributed by atoms with Gasteiger partial charge in [-0.05, 0) is 38.8 Å². The van der Waals surface area contributed by atoms with E-state index in [1.807, 2.05) is 30.3 Å². The van der Waals surface area contributed by atoms with Crippen molar-refractivity contribution in [3.8, 4) is 11.3 Å². The fourth-order valence-corrected chi connectivity index (χ4v) is 4.36. The molecule has 178 valence electrons. The van der Waals surface area contributed by atoms with E-state index in [0.29, 0.717) is 10.1 Å². The second-order valence-corrected chi connectivity index (χ2v) is 8.96. The zero-order chi connectivity index (χ0) is 24.9. The second kappa shape index (κ2) is 8.49. The Hall–Kier alpha value is -3.73. The number of hydrogen-bond acceptors (Lipinski definition) is 4. The first-order valence-electron chi connectivity index (χ1n) is 10.5. The average Bonchev–Trinajstić information content (AvgIpc) is 3.40. The number of hydrogen-bond donors (Lipinski definition) is 0. The summed E-state index contributed by atoms with van der Waals surface area (Å²) in [5.74, 6) is -0.538. The van der Waals surface area contributed by atoms with Gasteiger partial charge in [0.05, 0.1) is 28.6 Å². The zero-order valence-corrected chi connectivity index (χ0v) is 20.2. The molecule has 35 heavy (non-hydrogen) atoms. The molecule has 5 rings (SSSR count). The standard InChI is InChI=1S/C24H18BrF3N6O/c1-32(13-20-17(25)12-29-33(20)2)23(35)19-11-22-30-18(10-21(24(26,27)28)34(22)31-19)16-8-7-14-5-3-4-6-15(14)9-16/h3-12H,13H2,1-2H3. The Bertz CT molecular complexity index is 1570. The predicted molar refractivity (Wildman–Crippen MR) is 128 cm³/mol. The van der Waals surface area contributed by atoms with Crippen LogP contribution in [0, 0.1) is 0 Å². The summed E-state index contributed by atoms with van der Waals surface area (Å²) in [6.45, 7) is 0.186. The van der Waals surface area contributed by atoms with E-state index in [-0.39, 0.29) is 23.6 Å². The molecule has 5 aromatic rings. The van der Waals surface area contributed by atoms with Crippen molar-refractivity contribution >= 4 is 38.3 Å². The summed E-state index contributed by atoms with van der Waals surface area (Å²) in [6, 6.07) is 15.1. The number of alkyl halides is 3. The Balaban J connectivity index is 1.57. The molecule has 1 amide bonds. The van der Waals surface area contributed by atoms with E-state index >= 15 is 0 Å². The van der Waals surface area contributed by atoms with Gasteiger partial charge in [0, 0.05) is 25.7 Å². The summed E-state index contributed by atoms with van der Waals surface area (Å²) in [5.41, 5.74) is 0.186. The Morgan fingerprint density at radius 2 is 1.83 bits per heavy atom. The maximum atomic E-state index is 14.0. The molecule has 0 aliphatic carbocycles. The van der Waals surface area contributed by atoms with Crippen LogP contribution in [0.4, 0.5) is 13.2 Å². The van der Waals surface area contributed by atoms with Crippen LogP contribution in [-0.2, 0) is 19.8 Å². The average molecular weight is 543 g/mol. The number of aromatic nitrogens is 5. The Morgan fingerprint density at radius 1 is 1.09 bits per heavy atom. The van der Waals surface area contributed by atoms with Crippen LogP contribution >= 0.6 is 15.9 Å². The van der Waals surface area contributed by atoms with Gasteiger partial charge in [0.25, 0.3) is 5.91 Å². The molecule has 0 saturated heterocycles. The number of carbonyl (C=O) groups is 1. The molecule has 0 spiro atoms. The smallest absolute Gasteiger partial charge is 0.334 e. The highest BCUT2D eigenvalue weighted by Crippen LogP contribution is 2.33. The van der Waals surface area contributed by atoms with Gasteiger partial charge in [0.2, 0.25) is 0 Å². The molecule has 0 saturated carbocycles. The van der Waals surface area contributed by atoms with Crippen LogP contribution in [0.5, 0.6) is 0 Å². The summed E-state index contributed by atoms with van der Waals surface area (Å²) >= 11 is 3.38. The molecule has 3 aromatic heterocycles. The van der Waals surface area contributed by atoms with Crippen LogP contribution in [0.1, 0.15) is 21.9 Å². The van der Waals surface area contributed by atoms with Gasteiger partial charge in [0.15, 0.2) is 17.0 Å². The van der Waals surface area contributed by atoms with Crippen LogP contribution in [0.15, 0.2) is 65.3 Å². The zero-order valence-electron chi connectivity index (χ0n) is 18.6. The summed E-state index contributed by atoms with van der Waals surface area (Å²) in [5, 5.41) is 9.93. The molecule has 11 heteroatoms. The third kappa shape index (κ3) is 4.27. The number of benzene rings is 2. The molecule has 0 atom stereocenters. The first-order chi connectivity index (χ1) is 16.6. The number of fused-ring (bicyclic) bond motifs is 2. The van der Waals surface area contributed by atoms with Gasteiger partial charge < -0.3 is 4.90 Å². The number of halogens is 4. The van der Waals surface area contributed by atoms with E-state index in [4.69, 9.17) is 0 Å². The summed E-state index contributed by atoms with van der Waals surface area (Å²) in [6.07, 6.45) is -3.10. The first kappa shape index (κ1) is 23.0. The maximum absolute atomic E-state index is 14.0. The molecular formula is C24H18BrF3N6O. The molecule has 0 N–H and O–H groups in total. The highest BCUT2D eigenvalue weighted by atomic mass is 79.9. The molecule has 2 aromatic carbocycles. The van der Waals surface area contributed by atoms with Gasteiger partial charge in [-0.2, -0.15) is 23.4 Å². The number of rotatable bonds is 4. The lowest BCUT2D eigenvalue weighted by Gasteiger charge is -2.16. The number of nitrogens with zero attached hydrogens (tertiary/aromatic N) is 6. The van der Waals surface area contributed by atoms with Crippen molar-refractivity contribution in [2.45, 2.75) is 12.7 Å². The topological polar surface area (TPSA) is 68.3 Å². The molecule has 3 heterocycles. The predicted octanol–water partition coefficient (Wildman–Crippen LogP) is 5.34. The number of carbonyl (C=O) groups excluding carboxylic acids is 1. The minimum Gasteiger partial charge on any atom is -0.334 e. The first-order valence-corrected chi connectivity index (χ1v) is 11.3. The molecule has 7 nitrogen and oxygen atoms in total. The van der Waals surface area contributed by atoms with Crippen molar-refractivity contribution in [2.75, 3.05) is 7.05 Å². The lowest BCUT2D eigenvalue weighted by atomic mass is 10.0. The molecule has 0 radical (unpaired) electrons. The minimum atomic E-state index is -4.70. The van der Waals surface area contributed by atoms with Gasteiger partial charge >= 0.3 is 6.18 Å². The summed E-state index contributed by atoms with van der Waals surface area (Å²) < 4.78 is 44.9. The van der Waals surface area contributed by atoms with Gasteiger partial charge in [-0.1, -0.05) is 36.4 Å². The van der Waals surface area contributed by atoms with Crippen molar-refractivity contribution < 1.29 is 18.0 Å². The van der Waals surface area contributed by atoms with Crippen molar-refractivity contribution in [1.82, 2.24) is 29.3 Å². The molecule has 0 fully saturated rings. The van der Waals surface area contributed by atoms with E-state index in [1.165, 1.54) is 11.0 Å². The van der Waals surface area contributed by atoms with Crippen LogP contribution in [0.25, 0.3) is 27.7 Å². The van der Waals surface area contributed by atoms with E-state index in [2.05, 4.69) is 31.1 Å². The van der Waals surface area contributed by atoms with E-state index < -0.39 is 17.8 Å². The molecule has 0 unspecified atom stereocenters. The van der Waals surface area contributed by atoms with Gasteiger partial charge in [-0.15, -0.1) is 0 Å². The van der Waals surface area contributed by atoms with E-state index in [9.17, 15) is 18.0 Å². The largest absolute Gasteiger partial charge is 0.433 e. The summed E-state index contributed by atoms with van der Waals surface area (Å²) in [4.78, 5) is 18.8. The highest BCUT2D eigenvalue weighted by Gasteiger charge is 2.36. The highest BCUT2D eigenvalue weighted by molar-refractivity contribution is 9.10. The van der Waals surface area contributed by atoms with Crippen molar-refractivity contribution in [1.29, 1.82) is 0 Å². The van der Waals surface area contributed by atoms with Gasteiger partial charge in [0.1, 0.15) is 0 Å².